The minimum absolute atomic E-state index is 0.0879. The molecule has 9 heteroatoms. The predicted molar refractivity (Wildman–Crippen MR) is 134 cm³/mol. The van der Waals surface area contributed by atoms with Gasteiger partial charge in [0.2, 0.25) is 0 Å². The SMILES string of the molecule is CCOC(=O)c1[nH]c(C)c(/C(O)=C2\C(=O)C(=O)N(CCCN(CC)CC)C2c2ccc(F)cc2)c1C. The zero-order valence-electron chi connectivity index (χ0n) is 21.5. The Balaban J connectivity index is 2.10. The summed E-state index contributed by atoms with van der Waals surface area (Å²) in [7, 11) is 0. The molecule has 1 fully saturated rings. The van der Waals surface area contributed by atoms with E-state index in [1.807, 2.05) is 0 Å². The number of carbonyl (C=O) groups is 3. The van der Waals surface area contributed by atoms with Gasteiger partial charge in [0.1, 0.15) is 17.3 Å². The van der Waals surface area contributed by atoms with Crippen molar-refractivity contribution in [3.8, 4) is 0 Å². The number of Topliss-reactive ketones (excluding diaryl/α,β-unsaturated/α-hetero) is 1. The van der Waals surface area contributed by atoms with Crippen LogP contribution in [0.2, 0.25) is 0 Å². The lowest BCUT2D eigenvalue weighted by Gasteiger charge is -2.26. The lowest BCUT2D eigenvalue weighted by atomic mass is 9.94. The number of hydrogen-bond donors (Lipinski definition) is 2. The number of aromatic nitrogens is 1. The minimum atomic E-state index is -0.887. The molecule has 3 rings (SSSR count). The lowest BCUT2D eigenvalue weighted by molar-refractivity contribution is -0.140. The largest absolute Gasteiger partial charge is 0.507 e. The zero-order valence-corrected chi connectivity index (χ0v) is 21.5. The fraction of sp³-hybridized carbons (Fsp3) is 0.444. The molecule has 2 N–H and O–H groups in total. The van der Waals surface area contributed by atoms with Crippen LogP contribution in [0.25, 0.3) is 5.76 Å². The van der Waals surface area contributed by atoms with E-state index in [4.69, 9.17) is 4.74 Å². The van der Waals surface area contributed by atoms with E-state index in [-0.39, 0.29) is 29.2 Å². The van der Waals surface area contributed by atoms with Gasteiger partial charge < -0.3 is 24.6 Å². The van der Waals surface area contributed by atoms with Crippen molar-refractivity contribution in [2.45, 2.75) is 47.1 Å². The van der Waals surface area contributed by atoms with Gasteiger partial charge in [0.25, 0.3) is 11.7 Å². The van der Waals surface area contributed by atoms with Crippen molar-refractivity contribution >= 4 is 23.4 Å². The number of H-pyrrole nitrogens is 1. The lowest BCUT2D eigenvalue weighted by Crippen LogP contribution is -2.33. The Hall–Kier alpha value is -3.46. The molecule has 2 heterocycles. The van der Waals surface area contributed by atoms with Crippen molar-refractivity contribution in [3.05, 3.63) is 63.7 Å². The summed E-state index contributed by atoms with van der Waals surface area (Å²) in [5, 5.41) is 11.4. The average molecular weight is 500 g/mol. The van der Waals surface area contributed by atoms with Crippen LogP contribution in [0, 0.1) is 19.7 Å². The molecular weight excluding hydrogens is 465 g/mol. The van der Waals surface area contributed by atoms with Crippen molar-refractivity contribution in [3.63, 3.8) is 0 Å². The fourth-order valence-corrected chi connectivity index (χ4v) is 4.75. The van der Waals surface area contributed by atoms with E-state index < -0.39 is 29.5 Å². The quantitative estimate of drug-likeness (QED) is 0.221. The van der Waals surface area contributed by atoms with E-state index in [2.05, 4.69) is 23.7 Å². The van der Waals surface area contributed by atoms with E-state index >= 15 is 0 Å². The maximum atomic E-state index is 13.7. The third kappa shape index (κ3) is 5.21. The summed E-state index contributed by atoms with van der Waals surface area (Å²) in [6.07, 6.45) is 0.627. The standard InChI is InChI=1S/C27H34FN3O5/c1-6-30(7-2)14-9-15-31-23(18-10-12-19(28)13-11-18)21(25(33)26(31)34)24(32)20-16(4)22(29-17(20)5)27(35)36-8-3/h10-13,23,29,32H,6-9,14-15H2,1-5H3/b24-21+. The number of hydrogen-bond acceptors (Lipinski definition) is 6. The number of aliphatic hydroxyl groups excluding tert-OH is 1. The fourth-order valence-electron chi connectivity index (χ4n) is 4.75. The van der Waals surface area contributed by atoms with Gasteiger partial charge in [-0.1, -0.05) is 26.0 Å². The molecule has 0 bridgehead atoms. The Bertz CT molecular complexity index is 1160. The Morgan fingerprint density at radius 1 is 1.14 bits per heavy atom. The summed E-state index contributed by atoms with van der Waals surface area (Å²) in [6.45, 7) is 12.0. The summed E-state index contributed by atoms with van der Waals surface area (Å²) in [5.74, 6) is -2.95. The molecule has 1 atom stereocenters. The van der Waals surface area contributed by atoms with Gasteiger partial charge in [0.05, 0.1) is 18.2 Å². The number of esters is 1. The number of halogens is 1. The molecule has 0 spiro atoms. The highest BCUT2D eigenvalue weighted by Crippen LogP contribution is 2.41. The first-order valence-electron chi connectivity index (χ1n) is 12.3. The molecule has 8 nitrogen and oxygen atoms in total. The van der Waals surface area contributed by atoms with Crippen molar-refractivity contribution in [2.24, 2.45) is 0 Å². The Labute approximate surface area is 210 Å². The molecular formula is C27H34FN3O5. The van der Waals surface area contributed by atoms with Crippen LogP contribution in [0.5, 0.6) is 0 Å². The number of amides is 1. The van der Waals surface area contributed by atoms with Gasteiger partial charge in [-0.3, -0.25) is 9.59 Å². The first-order valence-corrected chi connectivity index (χ1v) is 12.3. The van der Waals surface area contributed by atoms with Crippen LogP contribution in [0.4, 0.5) is 4.39 Å². The number of ketones is 1. The highest BCUT2D eigenvalue weighted by Gasteiger charge is 2.46. The van der Waals surface area contributed by atoms with Gasteiger partial charge in [-0.15, -0.1) is 0 Å². The van der Waals surface area contributed by atoms with Crippen LogP contribution in [0.3, 0.4) is 0 Å². The second-order valence-electron chi connectivity index (χ2n) is 8.77. The monoisotopic (exact) mass is 499 g/mol. The summed E-state index contributed by atoms with van der Waals surface area (Å²) in [4.78, 5) is 45.4. The maximum Gasteiger partial charge on any atom is 0.355 e. The number of carbonyl (C=O) groups excluding carboxylic acids is 3. The molecule has 1 amide bonds. The average Bonchev–Trinajstić information content (AvgIpc) is 3.29. The number of nitrogens with zero attached hydrogens (tertiary/aromatic N) is 2. The molecule has 0 aliphatic carbocycles. The number of nitrogens with one attached hydrogen (secondary N) is 1. The van der Waals surface area contributed by atoms with Crippen LogP contribution in [-0.4, -0.2) is 70.3 Å². The van der Waals surface area contributed by atoms with Gasteiger partial charge in [0.15, 0.2) is 0 Å². The van der Waals surface area contributed by atoms with Crippen LogP contribution in [0.15, 0.2) is 29.8 Å². The number of ether oxygens (including phenoxy) is 1. The van der Waals surface area contributed by atoms with E-state index in [1.165, 1.54) is 29.2 Å². The highest BCUT2D eigenvalue weighted by atomic mass is 19.1. The molecule has 36 heavy (non-hydrogen) atoms. The molecule has 1 unspecified atom stereocenters. The molecule has 194 valence electrons. The molecule has 1 aromatic carbocycles. The Morgan fingerprint density at radius 3 is 2.36 bits per heavy atom. The van der Waals surface area contributed by atoms with Crippen molar-refractivity contribution in [1.82, 2.24) is 14.8 Å². The normalized spacial score (nSPS) is 17.3. The second-order valence-corrected chi connectivity index (χ2v) is 8.77. The number of aromatic amines is 1. The molecule has 2 aromatic rings. The van der Waals surface area contributed by atoms with Crippen molar-refractivity contribution in [2.75, 3.05) is 32.8 Å². The summed E-state index contributed by atoms with van der Waals surface area (Å²) in [6, 6.07) is 4.66. The van der Waals surface area contributed by atoms with E-state index in [0.717, 1.165) is 19.6 Å². The molecule has 1 aliphatic rings. The van der Waals surface area contributed by atoms with Gasteiger partial charge in [-0.2, -0.15) is 0 Å². The maximum absolute atomic E-state index is 13.7. The highest BCUT2D eigenvalue weighted by molar-refractivity contribution is 6.46. The van der Waals surface area contributed by atoms with E-state index in [0.29, 0.717) is 29.8 Å². The first kappa shape index (κ1) is 27.1. The third-order valence-electron chi connectivity index (χ3n) is 6.65. The molecule has 1 saturated heterocycles. The molecule has 1 aromatic heterocycles. The number of benzene rings is 1. The van der Waals surface area contributed by atoms with Crippen LogP contribution < -0.4 is 0 Å². The van der Waals surface area contributed by atoms with E-state index in [9.17, 15) is 23.9 Å². The second kappa shape index (κ2) is 11.5. The summed E-state index contributed by atoms with van der Waals surface area (Å²) < 4.78 is 18.8. The number of aliphatic hydroxyl groups is 1. The van der Waals surface area contributed by atoms with Crippen LogP contribution >= 0.6 is 0 Å². The molecule has 0 radical (unpaired) electrons. The number of likely N-dealkylation sites (tertiary alicyclic amines) is 1. The van der Waals surface area contributed by atoms with Gasteiger partial charge in [-0.05, 0) is 70.1 Å². The van der Waals surface area contributed by atoms with Crippen LogP contribution in [-0.2, 0) is 14.3 Å². The van der Waals surface area contributed by atoms with E-state index in [1.54, 1.807) is 20.8 Å². The van der Waals surface area contributed by atoms with Crippen molar-refractivity contribution < 1.29 is 28.6 Å². The number of rotatable bonds is 10. The third-order valence-corrected chi connectivity index (χ3v) is 6.65. The van der Waals surface area contributed by atoms with Gasteiger partial charge in [0, 0.05) is 17.8 Å². The number of aryl methyl sites for hydroxylation is 1. The summed E-state index contributed by atoms with van der Waals surface area (Å²) >= 11 is 0. The summed E-state index contributed by atoms with van der Waals surface area (Å²) in [5.41, 5.74) is 1.73. The molecule has 0 saturated carbocycles. The Kier molecular flexibility index (Phi) is 8.68. The van der Waals surface area contributed by atoms with Crippen LogP contribution in [0.1, 0.15) is 66.1 Å². The van der Waals surface area contributed by atoms with Gasteiger partial charge >= 0.3 is 5.97 Å². The topological polar surface area (TPSA) is 103 Å². The first-order chi connectivity index (χ1) is 17.2. The zero-order chi connectivity index (χ0) is 26.6. The van der Waals surface area contributed by atoms with Gasteiger partial charge in [-0.25, -0.2) is 9.18 Å². The minimum Gasteiger partial charge on any atom is -0.507 e. The Morgan fingerprint density at radius 2 is 1.78 bits per heavy atom. The van der Waals surface area contributed by atoms with Crippen molar-refractivity contribution in [1.29, 1.82) is 0 Å². The smallest absolute Gasteiger partial charge is 0.355 e. The predicted octanol–water partition coefficient (Wildman–Crippen LogP) is 4.10. The molecule has 1 aliphatic heterocycles.